The number of rotatable bonds is 7. The van der Waals surface area contributed by atoms with Crippen LogP contribution >= 0.6 is 0 Å². The number of likely N-dealkylation sites (tertiary alicyclic amines) is 1. The van der Waals surface area contributed by atoms with Crippen LogP contribution in [0.25, 0.3) is 0 Å². The summed E-state index contributed by atoms with van der Waals surface area (Å²) in [5, 5.41) is 12.9. The highest BCUT2D eigenvalue weighted by Gasteiger charge is 2.31. The van der Waals surface area contributed by atoms with E-state index in [9.17, 15) is 10.1 Å². The smallest absolute Gasteiger partial charge is 0.239 e. The molecule has 1 saturated carbocycles. The van der Waals surface area contributed by atoms with Crippen molar-refractivity contribution >= 4 is 11.7 Å². The minimum atomic E-state index is -0.0809. The van der Waals surface area contributed by atoms with Crippen LogP contribution in [0, 0.1) is 25.2 Å². The summed E-state index contributed by atoms with van der Waals surface area (Å²) in [5.41, 5.74) is 3.70. The number of hydrogen-bond donors (Lipinski definition) is 1. The number of hydrogen-bond acceptors (Lipinski definition) is 5. The van der Waals surface area contributed by atoms with Gasteiger partial charge in [-0.15, -0.1) is 0 Å². The molecule has 1 amide bonds. The molecule has 4 rings (SSSR count). The highest BCUT2D eigenvalue weighted by molar-refractivity contribution is 5.93. The third-order valence-electron chi connectivity index (χ3n) is 7.33. The van der Waals surface area contributed by atoms with Crippen LogP contribution in [0.4, 0.5) is 5.82 Å². The van der Waals surface area contributed by atoms with Gasteiger partial charge in [-0.1, -0.05) is 18.9 Å². The van der Waals surface area contributed by atoms with E-state index in [0.29, 0.717) is 17.4 Å². The molecule has 7 heteroatoms. The van der Waals surface area contributed by atoms with Gasteiger partial charge in [-0.25, -0.2) is 0 Å². The summed E-state index contributed by atoms with van der Waals surface area (Å²) >= 11 is 0. The molecule has 1 unspecified atom stereocenters. The lowest BCUT2D eigenvalue weighted by Gasteiger charge is -2.26. The first kappa shape index (κ1) is 23.2. The molecule has 1 saturated heterocycles. The summed E-state index contributed by atoms with van der Waals surface area (Å²) in [7, 11) is 3.30. The Morgan fingerprint density at radius 1 is 1.15 bits per heavy atom. The molecule has 2 heterocycles. The quantitative estimate of drug-likeness (QED) is 0.650. The Bertz CT molecular complexity index is 1060. The van der Waals surface area contributed by atoms with Crippen molar-refractivity contribution in [1.82, 2.24) is 9.47 Å². The zero-order valence-corrected chi connectivity index (χ0v) is 20.1. The van der Waals surface area contributed by atoms with Gasteiger partial charge in [0.2, 0.25) is 5.91 Å². The average molecular weight is 451 g/mol. The van der Waals surface area contributed by atoms with Crippen LogP contribution in [0.15, 0.2) is 18.2 Å². The van der Waals surface area contributed by atoms with Gasteiger partial charge in [-0.3, -0.25) is 9.69 Å². The number of benzene rings is 1. The molecule has 7 nitrogen and oxygen atoms in total. The second-order valence-electron chi connectivity index (χ2n) is 9.14. The Hall–Kier alpha value is -2.98. The Morgan fingerprint density at radius 2 is 1.91 bits per heavy atom. The van der Waals surface area contributed by atoms with E-state index in [1.54, 1.807) is 14.2 Å². The number of carbonyl (C=O) groups is 1. The number of methoxy groups -OCH3 is 2. The molecule has 176 valence electrons. The van der Waals surface area contributed by atoms with Crippen molar-refractivity contribution in [2.45, 2.75) is 64.5 Å². The summed E-state index contributed by atoms with van der Waals surface area (Å²) in [6.07, 6.45) is 6.55. The van der Waals surface area contributed by atoms with Crippen LogP contribution in [0.5, 0.6) is 11.5 Å². The van der Waals surface area contributed by atoms with E-state index in [1.807, 2.05) is 25.1 Å². The van der Waals surface area contributed by atoms with Crippen LogP contribution in [0.3, 0.4) is 0 Å². The first-order chi connectivity index (χ1) is 16.0. The standard InChI is InChI=1S/C26H34N4O3/c1-17-18(2)30(19-8-5-6-9-19)26(22(17)15-27)28-25(31)16-29-13-7-10-23(29)21-12-11-20(32-3)14-24(21)33-4/h11-12,14,19,23H,5-10,13,16H2,1-4H3,(H,28,31). The fourth-order valence-electron chi connectivity index (χ4n) is 5.52. The van der Waals surface area contributed by atoms with E-state index >= 15 is 0 Å². The maximum Gasteiger partial charge on any atom is 0.239 e. The number of anilines is 1. The number of amides is 1. The Morgan fingerprint density at radius 3 is 2.58 bits per heavy atom. The number of nitrogens with one attached hydrogen (secondary N) is 1. The highest BCUT2D eigenvalue weighted by atomic mass is 16.5. The summed E-state index contributed by atoms with van der Waals surface area (Å²) in [4.78, 5) is 15.4. The molecule has 2 fully saturated rings. The topological polar surface area (TPSA) is 79.5 Å². The fourth-order valence-corrected chi connectivity index (χ4v) is 5.52. The normalized spacial score (nSPS) is 18.9. The zero-order chi connectivity index (χ0) is 23.5. The predicted octanol–water partition coefficient (Wildman–Crippen LogP) is 4.88. The minimum absolute atomic E-state index is 0.0809. The molecule has 1 aromatic heterocycles. The van der Waals surface area contributed by atoms with Gasteiger partial charge in [-0.2, -0.15) is 5.26 Å². The fraction of sp³-hybridized carbons (Fsp3) is 0.538. The largest absolute Gasteiger partial charge is 0.497 e. The van der Waals surface area contributed by atoms with Crippen LogP contribution < -0.4 is 14.8 Å². The van der Waals surface area contributed by atoms with E-state index in [1.165, 1.54) is 12.8 Å². The van der Waals surface area contributed by atoms with Crippen molar-refractivity contribution < 1.29 is 14.3 Å². The lowest BCUT2D eigenvalue weighted by molar-refractivity contribution is -0.117. The van der Waals surface area contributed by atoms with Gasteiger partial charge in [0.1, 0.15) is 23.4 Å². The van der Waals surface area contributed by atoms with Gasteiger partial charge >= 0.3 is 0 Å². The Labute approximate surface area is 196 Å². The molecule has 0 bridgehead atoms. The maximum absolute atomic E-state index is 13.2. The molecule has 33 heavy (non-hydrogen) atoms. The van der Waals surface area contributed by atoms with Gasteiger partial charge in [0.25, 0.3) is 0 Å². The van der Waals surface area contributed by atoms with E-state index in [2.05, 4.69) is 27.8 Å². The third kappa shape index (κ3) is 4.45. The molecule has 2 aromatic rings. The monoisotopic (exact) mass is 450 g/mol. The van der Waals surface area contributed by atoms with Crippen molar-refractivity contribution in [2.24, 2.45) is 0 Å². The molecule has 1 N–H and O–H groups in total. The van der Waals surface area contributed by atoms with Crippen LogP contribution in [0.1, 0.15) is 73.0 Å². The number of aromatic nitrogens is 1. The van der Waals surface area contributed by atoms with Crippen molar-refractivity contribution in [1.29, 1.82) is 5.26 Å². The third-order valence-corrected chi connectivity index (χ3v) is 7.33. The lowest BCUT2D eigenvalue weighted by Crippen LogP contribution is -2.33. The molecular weight excluding hydrogens is 416 g/mol. The summed E-state index contributed by atoms with van der Waals surface area (Å²) in [6, 6.07) is 8.65. The van der Waals surface area contributed by atoms with Crippen molar-refractivity contribution in [3.05, 3.63) is 40.6 Å². The maximum atomic E-state index is 13.2. The van der Waals surface area contributed by atoms with Crippen LogP contribution in [-0.4, -0.2) is 42.7 Å². The van der Waals surface area contributed by atoms with E-state index in [4.69, 9.17) is 9.47 Å². The SMILES string of the molecule is COc1ccc(C2CCCN2CC(=O)Nc2c(C#N)c(C)c(C)n2C2CCCC2)c(OC)c1. The molecule has 2 aliphatic rings. The summed E-state index contributed by atoms with van der Waals surface area (Å²) < 4.78 is 13.2. The average Bonchev–Trinajstić information content (AvgIpc) is 3.55. The van der Waals surface area contributed by atoms with Gasteiger partial charge in [0, 0.05) is 29.4 Å². The molecule has 0 spiro atoms. The number of nitrogens with zero attached hydrogens (tertiary/aromatic N) is 3. The summed E-state index contributed by atoms with van der Waals surface area (Å²) in [5.74, 6) is 2.12. The first-order valence-corrected chi connectivity index (χ1v) is 11.9. The lowest BCUT2D eigenvalue weighted by atomic mass is 10.0. The molecule has 1 atom stereocenters. The zero-order valence-electron chi connectivity index (χ0n) is 20.1. The second kappa shape index (κ2) is 9.88. The second-order valence-corrected chi connectivity index (χ2v) is 9.14. The van der Waals surface area contributed by atoms with Crippen molar-refractivity contribution in [3.8, 4) is 17.6 Å². The van der Waals surface area contributed by atoms with E-state index in [-0.39, 0.29) is 18.5 Å². The van der Waals surface area contributed by atoms with Gasteiger partial charge in [-0.05, 0) is 57.7 Å². The number of carbonyl (C=O) groups excluding carboxylic acids is 1. The van der Waals surface area contributed by atoms with Crippen LogP contribution in [0.2, 0.25) is 0 Å². The van der Waals surface area contributed by atoms with Gasteiger partial charge < -0.3 is 19.4 Å². The predicted molar refractivity (Wildman–Crippen MR) is 128 cm³/mol. The van der Waals surface area contributed by atoms with Crippen LogP contribution in [-0.2, 0) is 4.79 Å². The van der Waals surface area contributed by atoms with E-state index in [0.717, 1.165) is 60.5 Å². The first-order valence-electron chi connectivity index (χ1n) is 11.9. The number of nitriles is 1. The molecule has 1 aromatic carbocycles. The molecule has 1 aliphatic heterocycles. The minimum Gasteiger partial charge on any atom is -0.497 e. The Kier molecular flexibility index (Phi) is 6.94. The van der Waals surface area contributed by atoms with Crippen molar-refractivity contribution in [3.63, 3.8) is 0 Å². The number of ether oxygens (including phenoxy) is 2. The molecular formula is C26H34N4O3. The van der Waals surface area contributed by atoms with Gasteiger partial charge in [0.15, 0.2) is 0 Å². The molecule has 0 radical (unpaired) electrons. The van der Waals surface area contributed by atoms with Crippen molar-refractivity contribution in [2.75, 3.05) is 32.6 Å². The molecule has 1 aliphatic carbocycles. The van der Waals surface area contributed by atoms with E-state index < -0.39 is 0 Å². The van der Waals surface area contributed by atoms with Gasteiger partial charge in [0.05, 0.1) is 26.3 Å². The summed E-state index contributed by atoms with van der Waals surface area (Å²) in [6.45, 7) is 5.15. The Balaban J connectivity index is 1.55. The highest BCUT2D eigenvalue weighted by Crippen LogP contribution is 2.40.